The molecule has 0 saturated carbocycles. The highest BCUT2D eigenvalue weighted by atomic mass is 16.1. The molecule has 1 aliphatic heterocycles. The van der Waals surface area contributed by atoms with Gasteiger partial charge in [0.15, 0.2) is 0 Å². The first-order valence-corrected chi connectivity index (χ1v) is 9.16. The average molecular weight is 333 g/mol. The van der Waals surface area contributed by atoms with E-state index in [0.717, 1.165) is 12.8 Å². The smallest absolute Gasteiger partial charge is 0.220 e. The number of benzene rings is 2. The number of rotatable bonds is 4. The van der Waals surface area contributed by atoms with Crippen molar-refractivity contribution in [2.24, 2.45) is 0 Å². The van der Waals surface area contributed by atoms with Gasteiger partial charge in [0.1, 0.15) is 0 Å². The van der Waals surface area contributed by atoms with E-state index < -0.39 is 0 Å². The molecule has 1 saturated heterocycles. The van der Waals surface area contributed by atoms with E-state index in [2.05, 4.69) is 74.3 Å². The molecule has 0 unspecified atom stereocenters. The number of amides is 1. The van der Waals surface area contributed by atoms with Crippen molar-refractivity contribution in [1.29, 1.82) is 0 Å². The molecule has 0 aromatic heterocycles. The second-order valence-electron chi connectivity index (χ2n) is 7.01. The summed E-state index contributed by atoms with van der Waals surface area (Å²) in [5, 5.41) is 3.06. The summed E-state index contributed by atoms with van der Waals surface area (Å²) < 4.78 is 0. The molecule has 1 aliphatic rings. The number of hydrogen-bond acceptors (Lipinski definition) is 1. The summed E-state index contributed by atoms with van der Waals surface area (Å²) in [5.41, 5.74) is 4.90. The molecule has 1 N–H and O–H groups in total. The summed E-state index contributed by atoms with van der Waals surface area (Å²) in [6, 6.07) is 17.2. The van der Waals surface area contributed by atoms with E-state index in [0.29, 0.717) is 13.0 Å². The van der Waals surface area contributed by atoms with Crippen molar-refractivity contribution in [3.63, 3.8) is 0 Å². The van der Waals surface area contributed by atoms with Gasteiger partial charge >= 0.3 is 0 Å². The minimum atomic E-state index is -0.239. The molecule has 130 valence electrons. The van der Waals surface area contributed by atoms with Crippen molar-refractivity contribution < 1.29 is 4.79 Å². The lowest BCUT2D eigenvalue weighted by Gasteiger charge is -2.39. The Balaban J connectivity index is 2.18. The minimum Gasteiger partial charge on any atom is -0.356 e. The van der Waals surface area contributed by atoms with Gasteiger partial charge in [-0.15, -0.1) is 6.58 Å². The van der Waals surface area contributed by atoms with E-state index in [-0.39, 0.29) is 17.2 Å². The molecule has 1 amide bonds. The molecule has 2 aromatic carbocycles. The van der Waals surface area contributed by atoms with Crippen LogP contribution in [0.3, 0.4) is 0 Å². The highest BCUT2D eigenvalue weighted by molar-refractivity contribution is 5.78. The number of aryl methyl sites for hydroxylation is 2. The summed E-state index contributed by atoms with van der Waals surface area (Å²) in [5.74, 6) is 0.222. The summed E-state index contributed by atoms with van der Waals surface area (Å²) in [6.45, 7) is 9.27. The van der Waals surface area contributed by atoms with Crippen LogP contribution in [0.1, 0.15) is 47.9 Å². The van der Waals surface area contributed by atoms with Crippen molar-refractivity contribution in [3.05, 3.63) is 83.4 Å². The van der Waals surface area contributed by atoms with Gasteiger partial charge in [0.2, 0.25) is 5.91 Å². The molecule has 1 fully saturated rings. The van der Waals surface area contributed by atoms with E-state index in [9.17, 15) is 4.79 Å². The Bertz CT molecular complexity index is 765. The largest absolute Gasteiger partial charge is 0.356 e. The van der Waals surface area contributed by atoms with Gasteiger partial charge in [-0.05, 0) is 42.0 Å². The summed E-state index contributed by atoms with van der Waals surface area (Å²) in [6.07, 6.45) is 4.47. The van der Waals surface area contributed by atoms with Gasteiger partial charge < -0.3 is 5.32 Å². The predicted molar refractivity (Wildman–Crippen MR) is 104 cm³/mol. The Morgan fingerprint density at radius 3 is 2.64 bits per heavy atom. The van der Waals surface area contributed by atoms with Crippen LogP contribution < -0.4 is 5.32 Å². The number of carbonyl (C=O) groups excluding carboxylic acids is 1. The van der Waals surface area contributed by atoms with E-state index in [1.807, 2.05) is 6.07 Å². The van der Waals surface area contributed by atoms with Gasteiger partial charge in [-0.2, -0.15) is 0 Å². The van der Waals surface area contributed by atoms with Crippen LogP contribution in [0, 0.1) is 6.92 Å². The van der Waals surface area contributed by atoms with Gasteiger partial charge in [0, 0.05) is 24.3 Å². The van der Waals surface area contributed by atoms with E-state index in [4.69, 9.17) is 0 Å². The maximum absolute atomic E-state index is 12.3. The molecule has 2 aromatic rings. The van der Waals surface area contributed by atoms with Crippen LogP contribution in [0.4, 0.5) is 0 Å². The zero-order valence-electron chi connectivity index (χ0n) is 15.2. The monoisotopic (exact) mass is 333 g/mol. The van der Waals surface area contributed by atoms with Crippen molar-refractivity contribution in [2.45, 2.75) is 44.4 Å². The quantitative estimate of drug-likeness (QED) is 0.809. The first kappa shape index (κ1) is 17.5. The van der Waals surface area contributed by atoms with E-state index in [1.54, 1.807) is 0 Å². The van der Waals surface area contributed by atoms with Gasteiger partial charge in [-0.3, -0.25) is 4.79 Å². The van der Waals surface area contributed by atoms with Crippen LogP contribution in [-0.2, 0) is 16.6 Å². The lowest BCUT2D eigenvalue weighted by molar-refractivity contribution is -0.121. The van der Waals surface area contributed by atoms with Crippen molar-refractivity contribution >= 4 is 5.91 Å². The lowest BCUT2D eigenvalue weighted by Crippen LogP contribution is -2.33. The molecule has 2 heteroatoms. The third-order valence-electron chi connectivity index (χ3n) is 5.64. The Hall–Kier alpha value is -2.35. The maximum Gasteiger partial charge on any atom is 0.220 e. The van der Waals surface area contributed by atoms with Crippen LogP contribution >= 0.6 is 0 Å². The normalized spacial score (nSPS) is 23.6. The zero-order chi connectivity index (χ0) is 17.9. The fourth-order valence-corrected chi connectivity index (χ4v) is 4.27. The lowest BCUT2D eigenvalue weighted by atomic mass is 9.64. The van der Waals surface area contributed by atoms with Crippen LogP contribution in [0.15, 0.2) is 61.2 Å². The summed E-state index contributed by atoms with van der Waals surface area (Å²) >= 11 is 0. The van der Waals surface area contributed by atoms with Crippen LogP contribution in [0.5, 0.6) is 0 Å². The van der Waals surface area contributed by atoms with Crippen molar-refractivity contribution in [2.75, 3.05) is 6.54 Å². The van der Waals surface area contributed by atoms with E-state index >= 15 is 0 Å². The van der Waals surface area contributed by atoms with Gasteiger partial charge in [0.25, 0.3) is 0 Å². The van der Waals surface area contributed by atoms with E-state index in [1.165, 1.54) is 22.3 Å². The van der Waals surface area contributed by atoms with Crippen molar-refractivity contribution in [3.8, 4) is 0 Å². The second-order valence-corrected chi connectivity index (χ2v) is 7.01. The SMILES string of the molecule is C=C[C@]1(c2ccc(CC)cc2C)CCNC(=O)C[C@H]1c1ccccc1. The third-order valence-corrected chi connectivity index (χ3v) is 5.64. The highest BCUT2D eigenvalue weighted by Gasteiger charge is 2.42. The molecular weight excluding hydrogens is 306 g/mol. The Morgan fingerprint density at radius 2 is 2.00 bits per heavy atom. The third kappa shape index (κ3) is 3.26. The first-order valence-electron chi connectivity index (χ1n) is 9.16. The fraction of sp³-hybridized carbons (Fsp3) is 0.348. The zero-order valence-corrected chi connectivity index (χ0v) is 15.2. The molecule has 0 bridgehead atoms. The molecule has 0 aliphatic carbocycles. The average Bonchev–Trinajstić information content (AvgIpc) is 2.81. The standard InChI is InChI=1S/C23H27NO/c1-4-18-11-12-20(17(3)15-18)23(5-2)13-14-24-22(25)16-21(23)19-9-7-6-8-10-19/h5-12,15,21H,2,4,13-14,16H2,1,3H3,(H,24,25)/t21-,23+/m0/s1. The van der Waals surface area contributed by atoms with Gasteiger partial charge in [-0.25, -0.2) is 0 Å². The maximum atomic E-state index is 12.3. The summed E-state index contributed by atoms with van der Waals surface area (Å²) in [7, 11) is 0. The number of nitrogens with one attached hydrogen (secondary N) is 1. The molecule has 0 spiro atoms. The second kappa shape index (κ2) is 7.26. The van der Waals surface area contributed by atoms with Gasteiger partial charge in [-0.1, -0.05) is 61.5 Å². The minimum absolute atomic E-state index is 0.0971. The summed E-state index contributed by atoms with van der Waals surface area (Å²) in [4.78, 5) is 12.3. The van der Waals surface area contributed by atoms with Crippen LogP contribution in [-0.4, -0.2) is 12.5 Å². The number of allylic oxidation sites excluding steroid dienone is 1. The number of carbonyl (C=O) groups is 1. The molecule has 1 heterocycles. The Morgan fingerprint density at radius 1 is 1.24 bits per heavy atom. The molecular formula is C23H27NO. The first-order chi connectivity index (χ1) is 12.1. The highest BCUT2D eigenvalue weighted by Crippen LogP contribution is 2.47. The predicted octanol–water partition coefficient (Wildman–Crippen LogP) is 4.68. The molecule has 25 heavy (non-hydrogen) atoms. The van der Waals surface area contributed by atoms with Crippen LogP contribution in [0.2, 0.25) is 0 Å². The van der Waals surface area contributed by atoms with Crippen molar-refractivity contribution in [1.82, 2.24) is 5.32 Å². The van der Waals surface area contributed by atoms with Gasteiger partial charge in [0.05, 0.1) is 0 Å². The van der Waals surface area contributed by atoms with Crippen LogP contribution in [0.25, 0.3) is 0 Å². The molecule has 3 rings (SSSR count). The molecule has 2 atom stereocenters. The molecule has 0 radical (unpaired) electrons. The Labute approximate surface area is 151 Å². The molecule has 2 nitrogen and oxygen atoms in total. The Kier molecular flexibility index (Phi) is 5.08. The number of hydrogen-bond donors (Lipinski definition) is 1. The fourth-order valence-electron chi connectivity index (χ4n) is 4.27. The topological polar surface area (TPSA) is 29.1 Å².